The van der Waals surface area contributed by atoms with Crippen molar-refractivity contribution in [3.05, 3.63) is 118 Å². The van der Waals surface area contributed by atoms with E-state index in [2.05, 4.69) is 25.6 Å². The largest absolute Gasteiger partial charge is 0.348 e. The summed E-state index contributed by atoms with van der Waals surface area (Å²) >= 11 is 0. The lowest BCUT2D eigenvalue weighted by Crippen LogP contribution is -2.33. The number of rotatable bonds is 7. The van der Waals surface area contributed by atoms with E-state index in [1.54, 1.807) is 55.4 Å². The summed E-state index contributed by atoms with van der Waals surface area (Å²) in [6.45, 7) is 0.575. The predicted octanol–water partition coefficient (Wildman–Crippen LogP) is 2.95. The smallest absolute Gasteiger partial charge is 0.263 e. The van der Waals surface area contributed by atoms with E-state index < -0.39 is 5.91 Å². The van der Waals surface area contributed by atoms with E-state index in [-0.39, 0.29) is 23.6 Å². The minimum Gasteiger partial charge on any atom is -0.348 e. The molecule has 9 nitrogen and oxygen atoms in total. The standard InChI is InChI=1S/C27H22N6O3/c34-25(22-6-3-11-33(27(22)36)16-19-5-1-9-28-14-19)30-10-2-4-18-7-8-21-23(13-20-15-29-17-31-20)26(35)32-24(21)12-18/h1-9,11-15,17H,10,16H2,(H,29,31)(H,30,34)(H,32,35). The third-order valence-corrected chi connectivity index (χ3v) is 5.68. The van der Waals surface area contributed by atoms with Gasteiger partial charge in [0.25, 0.3) is 17.4 Å². The van der Waals surface area contributed by atoms with Gasteiger partial charge < -0.3 is 20.2 Å². The summed E-state index contributed by atoms with van der Waals surface area (Å²) in [4.78, 5) is 48.7. The number of imidazole rings is 1. The van der Waals surface area contributed by atoms with Gasteiger partial charge in [0.05, 0.1) is 30.3 Å². The molecule has 0 spiro atoms. The van der Waals surface area contributed by atoms with Gasteiger partial charge in [0, 0.05) is 36.4 Å². The van der Waals surface area contributed by atoms with Crippen molar-refractivity contribution in [2.45, 2.75) is 6.54 Å². The number of pyridine rings is 2. The molecule has 9 heteroatoms. The minimum atomic E-state index is -0.444. The normalized spacial score (nSPS) is 13.7. The number of anilines is 1. The van der Waals surface area contributed by atoms with Crippen LogP contribution in [0, 0.1) is 0 Å². The van der Waals surface area contributed by atoms with E-state index >= 15 is 0 Å². The van der Waals surface area contributed by atoms with Crippen LogP contribution in [0.5, 0.6) is 0 Å². The maximum Gasteiger partial charge on any atom is 0.263 e. The minimum absolute atomic E-state index is 0.0756. The second kappa shape index (κ2) is 10.1. The van der Waals surface area contributed by atoms with Crippen molar-refractivity contribution in [1.29, 1.82) is 0 Å². The van der Waals surface area contributed by atoms with Gasteiger partial charge in [-0.2, -0.15) is 0 Å². The molecule has 2 amide bonds. The summed E-state index contributed by atoms with van der Waals surface area (Å²) in [7, 11) is 0. The van der Waals surface area contributed by atoms with Crippen LogP contribution in [0.1, 0.15) is 32.7 Å². The number of nitrogens with one attached hydrogen (secondary N) is 3. The molecule has 0 saturated carbocycles. The number of nitrogens with zero attached hydrogens (tertiary/aromatic N) is 3. The molecule has 1 aromatic carbocycles. The van der Waals surface area contributed by atoms with Crippen LogP contribution in [0.15, 0.2) is 84.4 Å². The third kappa shape index (κ3) is 4.90. The maximum absolute atomic E-state index is 12.7. The lowest BCUT2D eigenvalue weighted by atomic mass is 10.0. The van der Waals surface area contributed by atoms with Crippen molar-refractivity contribution in [2.24, 2.45) is 0 Å². The fourth-order valence-electron chi connectivity index (χ4n) is 3.92. The summed E-state index contributed by atoms with van der Waals surface area (Å²) in [5, 5.41) is 5.63. The zero-order valence-electron chi connectivity index (χ0n) is 19.1. The van der Waals surface area contributed by atoms with Gasteiger partial charge in [0.15, 0.2) is 0 Å². The van der Waals surface area contributed by atoms with Gasteiger partial charge in [-0.1, -0.05) is 30.4 Å². The summed E-state index contributed by atoms with van der Waals surface area (Å²) in [5.74, 6) is -0.620. The van der Waals surface area contributed by atoms with Crippen LogP contribution in [0.2, 0.25) is 0 Å². The van der Waals surface area contributed by atoms with Gasteiger partial charge in [-0.3, -0.25) is 19.4 Å². The molecule has 5 rings (SSSR count). The average Bonchev–Trinajstić information content (AvgIpc) is 3.51. The molecule has 3 N–H and O–H groups in total. The molecule has 0 fully saturated rings. The van der Waals surface area contributed by atoms with E-state index in [4.69, 9.17) is 0 Å². The van der Waals surface area contributed by atoms with Crippen LogP contribution in [0.3, 0.4) is 0 Å². The first-order chi connectivity index (χ1) is 17.6. The Kier molecular flexibility index (Phi) is 6.35. The Morgan fingerprint density at radius 3 is 2.81 bits per heavy atom. The summed E-state index contributed by atoms with van der Waals surface area (Å²) in [6, 6.07) is 12.5. The van der Waals surface area contributed by atoms with Crippen molar-refractivity contribution in [1.82, 2.24) is 24.8 Å². The molecule has 0 atom stereocenters. The van der Waals surface area contributed by atoms with E-state index in [1.165, 1.54) is 10.6 Å². The number of hydrogen-bond acceptors (Lipinski definition) is 5. The van der Waals surface area contributed by atoms with Gasteiger partial charge in [0.2, 0.25) is 0 Å². The number of hydrogen-bond donors (Lipinski definition) is 3. The molecule has 0 unspecified atom stereocenters. The fraction of sp³-hybridized carbons (Fsp3) is 0.0741. The van der Waals surface area contributed by atoms with Gasteiger partial charge in [-0.15, -0.1) is 0 Å². The Balaban J connectivity index is 1.22. The van der Waals surface area contributed by atoms with Crippen LogP contribution in [-0.4, -0.2) is 37.9 Å². The van der Waals surface area contributed by atoms with Crippen molar-refractivity contribution >= 4 is 35.2 Å². The molecule has 0 radical (unpaired) electrons. The van der Waals surface area contributed by atoms with Gasteiger partial charge in [-0.05, 0) is 41.5 Å². The van der Waals surface area contributed by atoms with E-state index in [1.807, 2.05) is 30.3 Å². The van der Waals surface area contributed by atoms with E-state index in [0.29, 0.717) is 12.1 Å². The number of fused-ring (bicyclic) bond motifs is 1. The lowest BCUT2D eigenvalue weighted by Gasteiger charge is -2.08. The van der Waals surface area contributed by atoms with Crippen LogP contribution >= 0.6 is 0 Å². The molecule has 0 aliphatic carbocycles. The molecule has 4 heterocycles. The van der Waals surface area contributed by atoms with E-state index in [9.17, 15) is 14.4 Å². The van der Waals surface area contributed by atoms with Crippen molar-refractivity contribution in [2.75, 3.05) is 11.9 Å². The first kappa shape index (κ1) is 22.7. The zero-order valence-corrected chi connectivity index (χ0v) is 19.1. The van der Waals surface area contributed by atoms with Crippen molar-refractivity contribution in [3.63, 3.8) is 0 Å². The zero-order chi connectivity index (χ0) is 24.9. The highest BCUT2D eigenvalue weighted by molar-refractivity contribution is 6.34. The van der Waals surface area contributed by atoms with Crippen LogP contribution in [0.25, 0.3) is 17.7 Å². The van der Waals surface area contributed by atoms with E-state index in [0.717, 1.165) is 28.1 Å². The number of benzene rings is 1. The number of amides is 2. The molecule has 178 valence electrons. The molecule has 0 saturated heterocycles. The summed E-state index contributed by atoms with van der Waals surface area (Å²) in [6.07, 6.45) is 13.6. The fourth-order valence-corrected chi connectivity index (χ4v) is 3.92. The second-order valence-electron chi connectivity index (χ2n) is 8.15. The second-order valence-corrected chi connectivity index (χ2v) is 8.15. The predicted molar refractivity (Wildman–Crippen MR) is 137 cm³/mol. The average molecular weight is 479 g/mol. The quantitative estimate of drug-likeness (QED) is 0.353. The van der Waals surface area contributed by atoms with Crippen molar-refractivity contribution < 1.29 is 9.59 Å². The Morgan fingerprint density at radius 2 is 2.00 bits per heavy atom. The molecular weight excluding hydrogens is 456 g/mol. The number of H-pyrrole nitrogens is 1. The van der Waals surface area contributed by atoms with Crippen LogP contribution < -0.4 is 16.2 Å². The molecule has 3 aromatic heterocycles. The number of aromatic nitrogens is 4. The molecule has 1 aliphatic heterocycles. The lowest BCUT2D eigenvalue weighted by molar-refractivity contribution is -0.110. The molecule has 4 aromatic rings. The Hall–Kier alpha value is -5.05. The van der Waals surface area contributed by atoms with Crippen molar-refractivity contribution in [3.8, 4) is 0 Å². The Bertz CT molecular complexity index is 1540. The first-order valence-electron chi connectivity index (χ1n) is 11.3. The van der Waals surface area contributed by atoms with Gasteiger partial charge in [-0.25, -0.2) is 4.98 Å². The molecular formula is C27H22N6O3. The first-order valence-corrected chi connectivity index (χ1v) is 11.3. The van der Waals surface area contributed by atoms with Gasteiger partial charge in [0.1, 0.15) is 5.56 Å². The van der Waals surface area contributed by atoms with Crippen LogP contribution in [0.4, 0.5) is 5.69 Å². The number of carbonyl (C=O) groups is 2. The maximum atomic E-state index is 12.7. The third-order valence-electron chi connectivity index (χ3n) is 5.68. The highest BCUT2D eigenvalue weighted by Gasteiger charge is 2.24. The molecule has 1 aliphatic rings. The topological polar surface area (TPSA) is 122 Å². The number of carbonyl (C=O) groups excluding carboxylic acids is 2. The summed E-state index contributed by atoms with van der Waals surface area (Å²) < 4.78 is 1.48. The highest BCUT2D eigenvalue weighted by Crippen LogP contribution is 2.33. The highest BCUT2D eigenvalue weighted by atomic mass is 16.2. The molecule has 36 heavy (non-hydrogen) atoms. The Morgan fingerprint density at radius 1 is 1.08 bits per heavy atom. The van der Waals surface area contributed by atoms with Crippen LogP contribution in [-0.2, 0) is 11.3 Å². The summed E-state index contributed by atoms with van der Waals surface area (Å²) in [5.41, 5.74) is 4.29. The Labute approximate surface area is 206 Å². The monoisotopic (exact) mass is 478 g/mol. The van der Waals surface area contributed by atoms with Gasteiger partial charge >= 0.3 is 0 Å². The SMILES string of the molecule is O=C1Nc2cc(C=CCNC(=O)c3cccn(Cc4cccnc4)c3=O)ccc2C1=Cc1cnc[nH]1. The number of aromatic amines is 1. The molecule has 0 bridgehead atoms.